The van der Waals surface area contributed by atoms with Gasteiger partial charge in [-0.05, 0) is 24.7 Å². The van der Waals surface area contributed by atoms with Crippen LogP contribution in [0, 0.1) is 17.8 Å². The van der Waals surface area contributed by atoms with Gasteiger partial charge in [-0.1, -0.05) is 20.8 Å². The molecule has 13 heavy (non-hydrogen) atoms. The normalized spacial score (nSPS) is 50.9. The molecule has 0 amide bonds. The zero-order valence-corrected chi connectivity index (χ0v) is 8.99. The lowest BCUT2D eigenvalue weighted by molar-refractivity contribution is -0.144. The molecule has 0 aliphatic carbocycles. The molecule has 1 heterocycles. The van der Waals surface area contributed by atoms with Crippen LogP contribution < -0.4 is 0 Å². The van der Waals surface area contributed by atoms with Gasteiger partial charge in [0, 0.05) is 7.06 Å². The van der Waals surface area contributed by atoms with E-state index >= 15 is 0 Å². The fourth-order valence-corrected chi connectivity index (χ4v) is 2.05. The van der Waals surface area contributed by atoms with Gasteiger partial charge in [0.05, 0.1) is 21.6 Å². The quantitative estimate of drug-likeness (QED) is 0.663. The van der Waals surface area contributed by atoms with Gasteiger partial charge in [-0.2, -0.15) is 0 Å². The van der Waals surface area contributed by atoms with Gasteiger partial charge in [-0.3, -0.25) is 0 Å². The highest BCUT2D eigenvalue weighted by Crippen LogP contribution is 2.34. The van der Waals surface area contributed by atoms with Crippen molar-refractivity contribution in [3.8, 4) is 0 Å². The number of methoxy groups -OCH3 is 1. The third kappa shape index (κ3) is 2.23. The van der Waals surface area contributed by atoms with Gasteiger partial charge in [-0.25, -0.2) is 0 Å². The van der Waals surface area contributed by atoms with Crippen LogP contribution in [0.15, 0.2) is 0 Å². The minimum absolute atomic E-state index is 0.0319. The van der Waals surface area contributed by atoms with Crippen molar-refractivity contribution in [2.45, 2.75) is 39.9 Å². The number of rotatable bonds is 2. The molecule has 0 aromatic rings. The monoisotopic (exact) mass is 189 g/mol. The molecule has 0 saturated carbocycles. The number of hydrogen-bond acceptors (Lipinski definition) is 2. The third-order valence-corrected chi connectivity index (χ3v) is 3.64. The minimum atomic E-state index is -1.20. The Balaban J connectivity index is 2.51. The van der Waals surface area contributed by atoms with E-state index in [-0.39, 0.29) is 12.2 Å². The molecule has 0 spiro atoms. The Bertz CT molecular complexity index is 199. The lowest BCUT2D eigenvalue weighted by Gasteiger charge is -2.42. The van der Waals surface area contributed by atoms with Gasteiger partial charge in [0.25, 0.3) is 0 Å². The van der Waals surface area contributed by atoms with E-state index < -0.39 is 7.06 Å². The molecule has 0 aromatic carbocycles. The van der Waals surface area contributed by atoms with E-state index in [1.165, 1.54) is 0 Å². The van der Waals surface area contributed by atoms with Crippen LogP contribution in [0.25, 0.3) is 0 Å². The Morgan fingerprint density at radius 1 is 1.31 bits per heavy atom. The molecule has 1 aliphatic heterocycles. The van der Waals surface area contributed by atoms with Crippen LogP contribution in [0.5, 0.6) is 0 Å². The molecule has 0 radical (unpaired) electrons. The molecule has 0 N–H and O–H groups in total. The van der Waals surface area contributed by atoms with Gasteiger partial charge >= 0.3 is 0 Å². The average molecular weight is 189 g/mol. The van der Waals surface area contributed by atoms with E-state index in [1.807, 2.05) is 0 Å². The van der Waals surface area contributed by atoms with Crippen LogP contribution >= 0.6 is 0 Å². The molecule has 1 saturated heterocycles. The standard InChI is InChI=1S/C11H22O2/c1-7-8(2)10(4)13-11(6-12-5)9(7)3/h7-11H,6H2,1-5H3/t7-,8-,9+,10-,11?/m1/s1/i5TD/t5?,7-,8-,9+,10-,11?. The third-order valence-electron chi connectivity index (χ3n) is 3.64. The first-order chi connectivity index (χ1) is 6.93. The predicted molar refractivity (Wildman–Crippen MR) is 53.7 cm³/mol. The summed E-state index contributed by atoms with van der Waals surface area (Å²) in [6.07, 6.45) is 0.268. The summed E-state index contributed by atoms with van der Waals surface area (Å²) >= 11 is 0. The zero-order valence-electron chi connectivity index (χ0n) is 11.0. The molecule has 0 aromatic heterocycles. The van der Waals surface area contributed by atoms with Gasteiger partial charge in [-0.15, -0.1) is 0 Å². The molecule has 1 fully saturated rings. The second-order valence-corrected chi connectivity index (χ2v) is 4.29. The maximum atomic E-state index is 6.99. The Morgan fingerprint density at radius 3 is 2.62 bits per heavy atom. The maximum absolute atomic E-state index is 6.99. The Kier molecular flexibility index (Phi) is 2.81. The highest BCUT2D eigenvalue weighted by molar-refractivity contribution is 4.83. The van der Waals surface area contributed by atoms with E-state index in [0.29, 0.717) is 24.4 Å². The smallest absolute Gasteiger partial charge is 0.0840 e. The lowest BCUT2D eigenvalue weighted by Crippen LogP contribution is -2.45. The molecule has 6 atom stereocenters. The molecule has 0 bridgehead atoms. The topological polar surface area (TPSA) is 18.5 Å². The van der Waals surface area contributed by atoms with E-state index in [9.17, 15) is 0 Å². The van der Waals surface area contributed by atoms with Crippen LogP contribution in [0.3, 0.4) is 0 Å². The van der Waals surface area contributed by atoms with Gasteiger partial charge < -0.3 is 9.47 Å². The number of ether oxygens (including phenoxy) is 2. The minimum Gasteiger partial charge on any atom is -0.382 e. The van der Waals surface area contributed by atoms with Crippen LogP contribution in [-0.2, 0) is 9.47 Å². The largest absolute Gasteiger partial charge is 0.382 e. The van der Waals surface area contributed by atoms with Crippen molar-refractivity contribution in [1.82, 2.24) is 0 Å². The predicted octanol–water partition coefficient (Wildman–Crippen LogP) is 2.33. The lowest BCUT2D eigenvalue weighted by atomic mass is 9.77. The van der Waals surface area contributed by atoms with Crippen LogP contribution in [0.4, 0.5) is 0 Å². The first-order valence-corrected chi connectivity index (χ1v) is 5.05. The summed E-state index contributed by atoms with van der Waals surface area (Å²) < 4.78 is 24.8. The molecule has 1 rings (SSSR count). The fraction of sp³-hybridized carbons (Fsp3) is 1.00. The van der Waals surface area contributed by atoms with E-state index in [0.717, 1.165) is 0 Å². The molecular weight excluding hydrogens is 164 g/mol. The summed E-state index contributed by atoms with van der Waals surface area (Å²) in [5.41, 5.74) is 0. The van der Waals surface area contributed by atoms with Crippen molar-refractivity contribution in [1.29, 1.82) is 0 Å². The Labute approximate surface area is 84.4 Å². The van der Waals surface area contributed by atoms with Crippen LogP contribution in [-0.4, -0.2) is 25.9 Å². The summed E-state index contributed by atoms with van der Waals surface area (Å²) in [6.45, 7) is 9.05. The Hall–Kier alpha value is -0.0800. The van der Waals surface area contributed by atoms with E-state index in [4.69, 9.17) is 12.2 Å². The van der Waals surface area contributed by atoms with Crippen molar-refractivity contribution in [3.05, 3.63) is 0 Å². The summed E-state index contributed by atoms with van der Waals surface area (Å²) in [4.78, 5) is 0. The second-order valence-electron chi connectivity index (χ2n) is 4.29. The van der Waals surface area contributed by atoms with Crippen molar-refractivity contribution in [2.24, 2.45) is 17.8 Å². The maximum Gasteiger partial charge on any atom is 0.0840 e. The van der Waals surface area contributed by atoms with Crippen molar-refractivity contribution >= 4 is 0 Å². The molecule has 2 heteroatoms. The number of hydrogen-bond donors (Lipinski definition) is 0. The second kappa shape index (κ2) is 4.43. The van der Waals surface area contributed by atoms with Crippen LogP contribution in [0.2, 0.25) is 0 Å². The fourth-order valence-electron chi connectivity index (χ4n) is 2.05. The summed E-state index contributed by atoms with van der Waals surface area (Å²) in [5.74, 6) is 1.58. The zero-order chi connectivity index (χ0) is 11.6. The van der Waals surface area contributed by atoms with Gasteiger partial charge in [0.2, 0.25) is 0 Å². The highest BCUT2D eigenvalue weighted by atomic mass is 16.5. The molecule has 2 unspecified atom stereocenters. The average Bonchev–Trinajstić information content (AvgIpc) is 2.18. The summed E-state index contributed by atoms with van der Waals surface area (Å²) in [5, 5.41) is 0. The summed E-state index contributed by atoms with van der Waals surface area (Å²) in [6, 6.07) is 0. The molecule has 2 nitrogen and oxygen atoms in total. The Morgan fingerprint density at radius 2 is 2.00 bits per heavy atom. The highest BCUT2D eigenvalue weighted by Gasteiger charge is 2.36. The van der Waals surface area contributed by atoms with E-state index in [1.54, 1.807) is 0 Å². The summed E-state index contributed by atoms with van der Waals surface area (Å²) in [7, 11) is -1.20. The van der Waals surface area contributed by atoms with Gasteiger partial charge in [0.1, 0.15) is 0 Å². The van der Waals surface area contributed by atoms with Crippen molar-refractivity contribution in [2.75, 3.05) is 13.7 Å². The van der Waals surface area contributed by atoms with Gasteiger partial charge in [0.15, 0.2) is 0 Å². The molecular formula is C11H22O2. The SMILES string of the molecule is [2H]C([3H])OCC1O[C@H](C)[C@H](C)[C@@H](C)[C@@H]1C. The first kappa shape index (κ1) is 8.25. The van der Waals surface area contributed by atoms with Crippen LogP contribution in [0.1, 0.15) is 30.4 Å². The molecule has 78 valence electrons. The van der Waals surface area contributed by atoms with Crippen molar-refractivity contribution < 1.29 is 12.2 Å². The van der Waals surface area contributed by atoms with E-state index in [2.05, 4.69) is 27.7 Å². The first-order valence-electron chi connectivity index (χ1n) is 6.20. The van der Waals surface area contributed by atoms with Crippen molar-refractivity contribution in [3.63, 3.8) is 0 Å². The molecule has 1 aliphatic rings.